The van der Waals surface area contributed by atoms with Crippen LogP contribution in [0.4, 0.5) is 0 Å². The number of unbranched alkanes of at least 4 members (excludes halogenated alkanes) is 11. The van der Waals surface area contributed by atoms with E-state index in [2.05, 4.69) is 28.7 Å². The first kappa shape index (κ1) is 20.7. The van der Waals surface area contributed by atoms with Crippen LogP contribution >= 0.6 is 0 Å². The van der Waals surface area contributed by atoms with Crippen molar-refractivity contribution in [2.24, 2.45) is 0 Å². The summed E-state index contributed by atoms with van der Waals surface area (Å²) in [5.74, 6) is 0. The van der Waals surface area contributed by atoms with Crippen molar-refractivity contribution >= 4 is 0 Å². The van der Waals surface area contributed by atoms with Gasteiger partial charge >= 0.3 is 0 Å². The van der Waals surface area contributed by atoms with Gasteiger partial charge in [-0.05, 0) is 19.3 Å². The smallest absolute Gasteiger partial charge is 0.0948 e. The molecule has 1 rings (SSSR count). The van der Waals surface area contributed by atoms with Crippen molar-refractivity contribution in [1.29, 1.82) is 5.26 Å². The Morgan fingerprint density at radius 1 is 0.875 bits per heavy atom. The summed E-state index contributed by atoms with van der Waals surface area (Å²) in [7, 11) is 0. The van der Waals surface area contributed by atoms with E-state index in [1.54, 1.807) is 0 Å². The van der Waals surface area contributed by atoms with E-state index >= 15 is 0 Å². The zero-order valence-corrected chi connectivity index (χ0v) is 15.8. The van der Waals surface area contributed by atoms with Gasteiger partial charge in [0.2, 0.25) is 0 Å². The molecule has 0 spiro atoms. The number of rotatable bonds is 16. The average Bonchev–Trinajstić information content (AvgIpc) is 3.12. The molecule has 1 aromatic rings. The molecule has 1 aromatic heterocycles. The van der Waals surface area contributed by atoms with Crippen molar-refractivity contribution in [2.45, 2.75) is 109 Å². The van der Waals surface area contributed by atoms with E-state index in [1.165, 1.54) is 83.5 Å². The highest BCUT2D eigenvalue weighted by Gasteiger charge is 2.09. The first-order chi connectivity index (χ1) is 11.9. The minimum atomic E-state index is 0.652. The average molecular weight is 332 g/mol. The third-order valence-electron chi connectivity index (χ3n) is 4.91. The number of aromatic nitrogens is 2. The van der Waals surface area contributed by atoms with Gasteiger partial charge in [0, 0.05) is 24.9 Å². The number of hydrogen-bond donors (Lipinski definition) is 0. The summed E-state index contributed by atoms with van der Waals surface area (Å²) in [6.07, 6.45) is 25.2. The molecular formula is C21H37N3. The van der Waals surface area contributed by atoms with E-state index in [-0.39, 0.29) is 0 Å². The first-order valence-electron chi connectivity index (χ1n) is 10.2. The number of nitrogens with zero attached hydrogens (tertiary/aromatic N) is 3. The van der Waals surface area contributed by atoms with Gasteiger partial charge in [-0.3, -0.25) is 0 Å². The van der Waals surface area contributed by atoms with Crippen LogP contribution in [-0.4, -0.2) is 9.55 Å². The monoisotopic (exact) mass is 331 g/mol. The fraction of sp³-hybridized carbons (Fsp3) is 0.810. The minimum Gasteiger partial charge on any atom is -0.334 e. The zero-order chi connectivity index (χ0) is 17.3. The summed E-state index contributed by atoms with van der Waals surface area (Å²) in [5.41, 5.74) is 0. The van der Waals surface area contributed by atoms with Gasteiger partial charge in [-0.1, -0.05) is 77.6 Å². The zero-order valence-electron chi connectivity index (χ0n) is 15.8. The van der Waals surface area contributed by atoms with Crippen LogP contribution in [0.1, 0.15) is 109 Å². The van der Waals surface area contributed by atoms with Crippen LogP contribution in [0.2, 0.25) is 0 Å². The molecule has 0 N–H and O–H groups in total. The summed E-state index contributed by atoms with van der Waals surface area (Å²) in [5, 5.41) is 8.49. The van der Waals surface area contributed by atoms with Gasteiger partial charge in [0.1, 0.15) is 0 Å². The van der Waals surface area contributed by atoms with Gasteiger partial charge in [0.05, 0.1) is 12.4 Å². The van der Waals surface area contributed by atoms with E-state index in [9.17, 15) is 0 Å². The molecule has 0 aliphatic carbocycles. The lowest BCUT2D eigenvalue weighted by Crippen LogP contribution is -2.07. The lowest BCUT2D eigenvalue weighted by Gasteiger charge is -2.18. The van der Waals surface area contributed by atoms with E-state index in [4.69, 9.17) is 5.26 Å². The van der Waals surface area contributed by atoms with Gasteiger partial charge < -0.3 is 4.57 Å². The lowest BCUT2D eigenvalue weighted by atomic mass is 10.0. The standard InChI is InChI=1S/C21H37N3/c1-2-3-12-15-21(24-19-18-23-20-24)16-13-10-8-6-4-5-7-9-11-14-17-22/h18-21H,2-16H2,1H3. The Balaban J connectivity index is 2.01. The molecule has 1 heterocycles. The van der Waals surface area contributed by atoms with Gasteiger partial charge in [-0.15, -0.1) is 0 Å². The van der Waals surface area contributed by atoms with E-state index in [0.29, 0.717) is 6.04 Å². The van der Waals surface area contributed by atoms with E-state index < -0.39 is 0 Å². The van der Waals surface area contributed by atoms with Gasteiger partial charge in [0.15, 0.2) is 0 Å². The van der Waals surface area contributed by atoms with Crippen LogP contribution in [0.5, 0.6) is 0 Å². The normalized spacial score (nSPS) is 12.2. The predicted molar refractivity (Wildman–Crippen MR) is 102 cm³/mol. The minimum absolute atomic E-state index is 0.652. The third kappa shape index (κ3) is 10.5. The number of imidazole rings is 1. The molecule has 136 valence electrons. The molecule has 0 saturated heterocycles. The highest BCUT2D eigenvalue weighted by molar-refractivity contribution is 4.80. The summed E-state index contributed by atoms with van der Waals surface area (Å²) in [6, 6.07) is 2.87. The van der Waals surface area contributed by atoms with Crippen LogP contribution in [0, 0.1) is 11.3 Å². The molecule has 0 aromatic carbocycles. The maximum absolute atomic E-state index is 8.49. The SMILES string of the molecule is CCCCCC(CCCCCCCCCCCC#N)n1ccnc1. The molecular weight excluding hydrogens is 294 g/mol. The Kier molecular flexibility index (Phi) is 13.2. The Labute approximate surface area is 149 Å². The molecule has 0 aliphatic heterocycles. The van der Waals surface area contributed by atoms with Crippen molar-refractivity contribution < 1.29 is 0 Å². The number of nitriles is 1. The fourth-order valence-electron chi connectivity index (χ4n) is 3.38. The van der Waals surface area contributed by atoms with E-state index in [1.807, 2.05) is 12.5 Å². The number of hydrogen-bond acceptors (Lipinski definition) is 2. The van der Waals surface area contributed by atoms with Gasteiger partial charge in [0.25, 0.3) is 0 Å². The molecule has 0 saturated carbocycles. The van der Waals surface area contributed by atoms with Crippen LogP contribution in [-0.2, 0) is 0 Å². The second-order valence-electron chi connectivity index (χ2n) is 7.04. The molecule has 0 aliphatic rings. The lowest BCUT2D eigenvalue weighted by molar-refractivity contribution is 0.396. The largest absolute Gasteiger partial charge is 0.334 e. The maximum atomic E-state index is 8.49. The molecule has 24 heavy (non-hydrogen) atoms. The topological polar surface area (TPSA) is 41.6 Å². The van der Waals surface area contributed by atoms with Crippen molar-refractivity contribution in [3.63, 3.8) is 0 Å². The van der Waals surface area contributed by atoms with Crippen molar-refractivity contribution in [3.8, 4) is 6.07 Å². The Morgan fingerprint density at radius 3 is 2.00 bits per heavy atom. The molecule has 3 nitrogen and oxygen atoms in total. The van der Waals surface area contributed by atoms with Crippen LogP contribution in [0.3, 0.4) is 0 Å². The highest BCUT2D eigenvalue weighted by atomic mass is 15.0. The van der Waals surface area contributed by atoms with Crippen molar-refractivity contribution in [2.75, 3.05) is 0 Å². The van der Waals surface area contributed by atoms with Crippen LogP contribution < -0.4 is 0 Å². The third-order valence-corrected chi connectivity index (χ3v) is 4.91. The summed E-state index contributed by atoms with van der Waals surface area (Å²) in [6.45, 7) is 2.27. The Bertz CT molecular complexity index is 405. The molecule has 0 radical (unpaired) electrons. The van der Waals surface area contributed by atoms with Crippen LogP contribution in [0.15, 0.2) is 18.7 Å². The maximum Gasteiger partial charge on any atom is 0.0948 e. The van der Waals surface area contributed by atoms with Crippen molar-refractivity contribution in [1.82, 2.24) is 9.55 Å². The Morgan fingerprint density at radius 2 is 1.46 bits per heavy atom. The first-order valence-corrected chi connectivity index (χ1v) is 10.2. The molecule has 1 atom stereocenters. The summed E-state index contributed by atoms with van der Waals surface area (Å²) < 4.78 is 2.32. The second kappa shape index (κ2) is 15.2. The van der Waals surface area contributed by atoms with Gasteiger partial charge in [-0.25, -0.2) is 4.98 Å². The Hall–Kier alpha value is -1.30. The summed E-state index contributed by atoms with van der Waals surface area (Å²) >= 11 is 0. The highest BCUT2D eigenvalue weighted by Crippen LogP contribution is 2.23. The molecule has 3 heteroatoms. The molecule has 0 fully saturated rings. The quantitative estimate of drug-likeness (QED) is 0.312. The van der Waals surface area contributed by atoms with Crippen LogP contribution in [0.25, 0.3) is 0 Å². The second-order valence-corrected chi connectivity index (χ2v) is 7.04. The molecule has 0 bridgehead atoms. The van der Waals surface area contributed by atoms with Crippen molar-refractivity contribution in [3.05, 3.63) is 18.7 Å². The van der Waals surface area contributed by atoms with E-state index in [0.717, 1.165) is 12.8 Å². The molecule has 0 amide bonds. The summed E-state index contributed by atoms with van der Waals surface area (Å²) in [4.78, 5) is 4.22. The molecule has 1 unspecified atom stereocenters. The van der Waals surface area contributed by atoms with Gasteiger partial charge in [-0.2, -0.15) is 5.26 Å². The fourth-order valence-corrected chi connectivity index (χ4v) is 3.38. The predicted octanol–water partition coefficient (Wildman–Crippen LogP) is 6.82.